The van der Waals surface area contributed by atoms with Crippen LogP contribution in [0.2, 0.25) is 0 Å². The smallest absolute Gasteiger partial charge is 0.422 e. The first-order valence-electron chi connectivity index (χ1n) is 7.48. The molecule has 0 aliphatic heterocycles. The summed E-state index contributed by atoms with van der Waals surface area (Å²) < 4.78 is 65.7. The number of aromatic nitrogens is 1. The van der Waals surface area contributed by atoms with Crippen LogP contribution in [0.5, 0.6) is 5.88 Å². The van der Waals surface area contributed by atoms with E-state index in [1.807, 2.05) is 0 Å². The normalized spacial score (nSPS) is 12.1. The molecule has 0 fully saturated rings. The molecule has 0 aliphatic carbocycles. The van der Waals surface area contributed by atoms with Crippen LogP contribution >= 0.6 is 0 Å². The minimum atomic E-state index is -4.48. The number of hydrogen-bond acceptors (Lipinski definition) is 5. The second-order valence-corrected chi connectivity index (χ2v) is 7.71. The Morgan fingerprint density at radius 3 is 2.26 bits per heavy atom. The van der Waals surface area contributed by atoms with Crippen LogP contribution < -0.4 is 10.1 Å². The summed E-state index contributed by atoms with van der Waals surface area (Å²) in [6.45, 7) is -1.48. The molecule has 11 heteroatoms. The number of halogens is 3. The zero-order valence-electron chi connectivity index (χ0n) is 14.3. The summed E-state index contributed by atoms with van der Waals surface area (Å²) in [5.41, 5.74) is 0.439. The third kappa shape index (κ3) is 5.66. The van der Waals surface area contributed by atoms with Crippen molar-refractivity contribution in [2.45, 2.75) is 11.1 Å². The summed E-state index contributed by atoms with van der Waals surface area (Å²) in [5, 5.41) is 2.53. The Morgan fingerprint density at radius 2 is 1.78 bits per heavy atom. The predicted octanol–water partition coefficient (Wildman–Crippen LogP) is 2.53. The van der Waals surface area contributed by atoms with Gasteiger partial charge in [-0.25, -0.2) is 17.7 Å². The van der Waals surface area contributed by atoms with Gasteiger partial charge in [-0.2, -0.15) is 13.2 Å². The van der Waals surface area contributed by atoms with Crippen molar-refractivity contribution in [3.8, 4) is 5.88 Å². The van der Waals surface area contributed by atoms with Gasteiger partial charge in [-0.15, -0.1) is 0 Å². The zero-order chi connectivity index (χ0) is 20.2. The molecule has 1 amide bonds. The van der Waals surface area contributed by atoms with E-state index in [4.69, 9.17) is 0 Å². The Bertz CT molecular complexity index is 896. The fraction of sp³-hybridized carbons (Fsp3) is 0.250. The largest absolute Gasteiger partial charge is 0.468 e. The van der Waals surface area contributed by atoms with E-state index in [1.54, 1.807) is 0 Å². The van der Waals surface area contributed by atoms with E-state index >= 15 is 0 Å². The van der Waals surface area contributed by atoms with E-state index in [0.29, 0.717) is 5.69 Å². The number of nitrogens with one attached hydrogen (secondary N) is 1. The number of nitrogens with zero attached hydrogens (tertiary/aromatic N) is 2. The van der Waals surface area contributed by atoms with Crippen molar-refractivity contribution in [2.75, 3.05) is 26.0 Å². The van der Waals surface area contributed by atoms with E-state index < -0.39 is 28.7 Å². The lowest BCUT2D eigenvalue weighted by Crippen LogP contribution is -2.22. The molecule has 0 atom stereocenters. The summed E-state index contributed by atoms with van der Waals surface area (Å²) >= 11 is 0. The van der Waals surface area contributed by atoms with Crippen molar-refractivity contribution < 1.29 is 31.1 Å². The average Bonchev–Trinajstić information content (AvgIpc) is 2.60. The van der Waals surface area contributed by atoms with E-state index in [1.165, 1.54) is 44.4 Å². The number of sulfonamides is 1. The van der Waals surface area contributed by atoms with Crippen molar-refractivity contribution in [1.82, 2.24) is 9.29 Å². The van der Waals surface area contributed by atoms with Crippen molar-refractivity contribution >= 4 is 21.6 Å². The number of carbonyl (C=O) groups is 1. The highest BCUT2D eigenvalue weighted by atomic mass is 32.2. The van der Waals surface area contributed by atoms with Gasteiger partial charge in [-0.3, -0.25) is 4.79 Å². The van der Waals surface area contributed by atoms with E-state index in [-0.39, 0.29) is 16.3 Å². The molecule has 1 heterocycles. The molecule has 1 aromatic heterocycles. The SMILES string of the molecule is CN(C)S(=O)(=O)c1ccc(NC(=O)c2ccc(OCC(F)(F)F)nc2)cc1. The summed E-state index contributed by atoms with van der Waals surface area (Å²) in [5.74, 6) is -0.824. The molecule has 0 aliphatic rings. The van der Waals surface area contributed by atoms with Crippen molar-refractivity contribution in [3.63, 3.8) is 0 Å². The molecule has 2 aromatic rings. The van der Waals surface area contributed by atoms with E-state index in [2.05, 4.69) is 15.0 Å². The lowest BCUT2D eigenvalue weighted by molar-refractivity contribution is -0.154. The molecule has 0 spiro atoms. The Kier molecular flexibility index (Phi) is 6.06. The molecule has 27 heavy (non-hydrogen) atoms. The molecule has 0 unspecified atom stereocenters. The van der Waals surface area contributed by atoms with Gasteiger partial charge in [-0.05, 0) is 30.3 Å². The third-order valence-corrected chi connectivity index (χ3v) is 5.10. The topological polar surface area (TPSA) is 88.6 Å². The summed E-state index contributed by atoms with van der Waals surface area (Å²) in [7, 11) is -0.773. The van der Waals surface area contributed by atoms with Crippen molar-refractivity contribution in [3.05, 3.63) is 48.2 Å². The van der Waals surface area contributed by atoms with Crippen LogP contribution in [0.15, 0.2) is 47.5 Å². The van der Waals surface area contributed by atoms with E-state index in [0.717, 1.165) is 16.6 Å². The van der Waals surface area contributed by atoms with Gasteiger partial charge in [0.25, 0.3) is 5.91 Å². The third-order valence-electron chi connectivity index (χ3n) is 3.27. The highest BCUT2D eigenvalue weighted by molar-refractivity contribution is 7.89. The maximum absolute atomic E-state index is 12.1. The standard InChI is InChI=1S/C16H16F3N3O4S/c1-22(2)27(24,25)13-6-4-12(5-7-13)21-15(23)11-3-8-14(20-9-11)26-10-16(17,18)19/h3-9H,10H2,1-2H3,(H,21,23). The minimum absolute atomic E-state index is 0.0679. The highest BCUT2D eigenvalue weighted by Crippen LogP contribution is 2.19. The Morgan fingerprint density at radius 1 is 1.15 bits per heavy atom. The monoisotopic (exact) mass is 403 g/mol. The molecule has 0 bridgehead atoms. The van der Waals surface area contributed by atoms with Crippen LogP contribution in [0, 0.1) is 0 Å². The number of benzene rings is 1. The molecule has 0 saturated heterocycles. The number of rotatable bonds is 6. The van der Waals surface area contributed by atoms with Crippen molar-refractivity contribution in [2.24, 2.45) is 0 Å². The summed E-state index contributed by atoms with van der Waals surface area (Å²) in [6, 6.07) is 7.94. The lowest BCUT2D eigenvalue weighted by Gasteiger charge is -2.12. The van der Waals surface area contributed by atoms with Crippen LogP contribution in [0.1, 0.15) is 10.4 Å². The summed E-state index contributed by atoms with van der Waals surface area (Å²) in [6.07, 6.45) is -3.41. The predicted molar refractivity (Wildman–Crippen MR) is 91.1 cm³/mol. The Balaban J connectivity index is 2.03. The molecular formula is C16H16F3N3O4S. The number of amides is 1. The van der Waals surface area contributed by atoms with Gasteiger partial charge in [0.15, 0.2) is 6.61 Å². The number of carbonyl (C=O) groups excluding carboxylic acids is 1. The first-order chi connectivity index (χ1) is 12.5. The molecular weight excluding hydrogens is 387 g/mol. The van der Waals surface area contributed by atoms with Crippen molar-refractivity contribution in [1.29, 1.82) is 0 Å². The van der Waals surface area contributed by atoms with Gasteiger partial charge in [-0.1, -0.05) is 0 Å². The van der Waals surface area contributed by atoms with Crippen LogP contribution in [0.3, 0.4) is 0 Å². The van der Waals surface area contributed by atoms with Gasteiger partial charge < -0.3 is 10.1 Å². The van der Waals surface area contributed by atoms with E-state index in [9.17, 15) is 26.4 Å². The number of hydrogen-bond donors (Lipinski definition) is 1. The summed E-state index contributed by atoms with van der Waals surface area (Å²) in [4.78, 5) is 15.8. The molecule has 1 aromatic carbocycles. The van der Waals surface area contributed by atoms with Gasteiger partial charge in [0.2, 0.25) is 15.9 Å². The number of anilines is 1. The maximum Gasteiger partial charge on any atom is 0.422 e. The molecule has 1 N–H and O–H groups in total. The molecule has 146 valence electrons. The van der Waals surface area contributed by atoms with Gasteiger partial charge in [0.05, 0.1) is 10.5 Å². The van der Waals surface area contributed by atoms with Crippen LogP contribution in [-0.2, 0) is 10.0 Å². The first-order valence-corrected chi connectivity index (χ1v) is 8.92. The van der Waals surface area contributed by atoms with Gasteiger partial charge >= 0.3 is 6.18 Å². The Hall–Kier alpha value is -2.66. The second-order valence-electron chi connectivity index (χ2n) is 5.55. The fourth-order valence-corrected chi connectivity index (χ4v) is 2.78. The van der Waals surface area contributed by atoms with Gasteiger partial charge in [0.1, 0.15) is 0 Å². The fourth-order valence-electron chi connectivity index (χ4n) is 1.88. The highest BCUT2D eigenvalue weighted by Gasteiger charge is 2.28. The number of alkyl halides is 3. The number of ether oxygens (including phenoxy) is 1. The van der Waals surface area contributed by atoms with Crippen LogP contribution in [-0.4, -0.2) is 50.5 Å². The molecule has 7 nitrogen and oxygen atoms in total. The first kappa shape index (κ1) is 20.6. The lowest BCUT2D eigenvalue weighted by atomic mass is 10.2. The second kappa shape index (κ2) is 7.92. The van der Waals surface area contributed by atoms with Gasteiger partial charge in [0, 0.05) is 32.0 Å². The quantitative estimate of drug-likeness (QED) is 0.801. The molecule has 0 saturated carbocycles. The minimum Gasteiger partial charge on any atom is -0.468 e. The van der Waals surface area contributed by atoms with Crippen LogP contribution in [0.25, 0.3) is 0 Å². The molecule has 0 radical (unpaired) electrons. The molecule has 2 rings (SSSR count). The zero-order valence-corrected chi connectivity index (χ0v) is 15.1. The van der Waals surface area contributed by atoms with Crippen LogP contribution in [0.4, 0.5) is 18.9 Å². The number of pyridine rings is 1. The average molecular weight is 403 g/mol. The maximum atomic E-state index is 12.1. The Labute approximate surface area is 153 Å².